The molecule has 2 rings (SSSR count). The van der Waals surface area contributed by atoms with Gasteiger partial charge in [-0.25, -0.2) is 9.59 Å². The molecule has 2 heterocycles. The minimum absolute atomic E-state index is 0.0658. The van der Waals surface area contributed by atoms with E-state index in [-0.39, 0.29) is 18.3 Å². The van der Waals surface area contributed by atoms with Gasteiger partial charge in [0.15, 0.2) is 6.10 Å². The standard InChI is InChI=1S/C9H12O4.C3H4O2/c1-2-8(10)13-7-5-12-6-3-4-11-9(6)7;1-2-3(4)5/h2,6-7,9H,1,3-5H2;2H,1H2,(H,4,5)/t6?,7-,9?;/m1./s1. The van der Waals surface area contributed by atoms with E-state index in [1.54, 1.807) is 0 Å². The van der Waals surface area contributed by atoms with E-state index in [4.69, 9.17) is 19.3 Å². The normalized spacial score (nSPS) is 28.6. The quantitative estimate of drug-likeness (QED) is 0.586. The van der Waals surface area contributed by atoms with Crippen LogP contribution < -0.4 is 0 Å². The fraction of sp³-hybridized carbons (Fsp3) is 0.500. The van der Waals surface area contributed by atoms with Crippen molar-refractivity contribution in [2.75, 3.05) is 13.2 Å². The fourth-order valence-electron chi connectivity index (χ4n) is 1.73. The number of rotatable bonds is 3. The summed E-state index contributed by atoms with van der Waals surface area (Å²) in [7, 11) is 0. The molecule has 0 aliphatic carbocycles. The summed E-state index contributed by atoms with van der Waals surface area (Å²) in [5.74, 6) is -1.39. The molecule has 6 heteroatoms. The average Bonchev–Trinajstić information content (AvgIpc) is 2.94. The minimum Gasteiger partial charge on any atom is -0.478 e. The minimum atomic E-state index is -0.981. The topological polar surface area (TPSA) is 82.1 Å². The molecular weight excluding hydrogens is 240 g/mol. The molecule has 18 heavy (non-hydrogen) atoms. The zero-order chi connectivity index (χ0) is 13.5. The number of carbonyl (C=O) groups excluding carboxylic acids is 1. The molecule has 0 spiro atoms. The molecule has 0 aromatic carbocycles. The predicted octanol–water partition coefficient (Wildman–Crippen LogP) is 0.529. The molecule has 0 aromatic rings. The highest BCUT2D eigenvalue weighted by molar-refractivity contribution is 5.81. The summed E-state index contributed by atoms with van der Waals surface area (Å²) in [6, 6.07) is 0. The lowest BCUT2D eigenvalue weighted by molar-refractivity contribution is -0.147. The van der Waals surface area contributed by atoms with Crippen molar-refractivity contribution in [3.05, 3.63) is 25.3 Å². The number of ether oxygens (including phenoxy) is 3. The summed E-state index contributed by atoms with van der Waals surface area (Å²) in [6.45, 7) is 7.42. The van der Waals surface area contributed by atoms with Crippen LogP contribution in [0.3, 0.4) is 0 Å². The summed E-state index contributed by atoms with van der Waals surface area (Å²) in [4.78, 5) is 20.2. The van der Waals surface area contributed by atoms with E-state index in [9.17, 15) is 9.59 Å². The van der Waals surface area contributed by atoms with Gasteiger partial charge in [0.1, 0.15) is 6.10 Å². The number of fused-ring (bicyclic) bond motifs is 1. The largest absolute Gasteiger partial charge is 0.478 e. The van der Waals surface area contributed by atoms with E-state index in [1.807, 2.05) is 0 Å². The molecule has 0 saturated carbocycles. The van der Waals surface area contributed by atoms with Crippen LogP contribution >= 0.6 is 0 Å². The number of carboxylic acids is 1. The van der Waals surface area contributed by atoms with Gasteiger partial charge in [0.25, 0.3) is 0 Å². The van der Waals surface area contributed by atoms with Gasteiger partial charge in [-0.15, -0.1) is 0 Å². The smallest absolute Gasteiger partial charge is 0.330 e. The first kappa shape index (κ1) is 14.4. The van der Waals surface area contributed by atoms with Gasteiger partial charge in [0, 0.05) is 18.8 Å². The third kappa shape index (κ3) is 3.97. The summed E-state index contributed by atoms with van der Waals surface area (Å²) in [5, 5.41) is 7.60. The number of esters is 1. The van der Waals surface area contributed by atoms with Crippen molar-refractivity contribution >= 4 is 11.9 Å². The number of carboxylic acid groups (broad SMARTS) is 1. The number of carbonyl (C=O) groups is 2. The zero-order valence-electron chi connectivity index (χ0n) is 9.91. The summed E-state index contributed by atoms with van der Waals surface area (Å²) in [6.07, 6.45) is 2.68. The summed E-state index contributed by atoms with van der Waals surface area (Å²) in [5.41, 5.74) is 0. The van der Waals surface area contributed by atoms with Crippen LogP contribution in [0.2, 0.25) is 0 Å². The SMILES string of the molecule is C=CC(=O)O.C=CC(=O)O[C@@H]1COC2CCOC21. The Hall–Kier alpha value is -1.66. The maximum absolute atomic E-state index is 10.9. The van der Waals surface area contributed by atoms with E-state index < -0.39 is 11.9 Å². The first-order valence-electron chi connectivity index (χ1n) is 5.50. The molecule has 2 aliphatic heterocycles. The van der Waals surface area contributed by atoms with Crippen molar-refractivity contribution in [1.82, 2.24) is 0 Å². The van der Waals surface area contributed by atoms with Crippen LogP contribution in [0.25, 0.3) is 0 Å². The molecule has 2 aliphatic rings. The second-order valence-corrected chi connectivity index (χ2v) is 3.72. The molecule has 1 N–H and O–H groups in total. The Balaban J connectivity index is 0.000000280. The lowest BCUT2D eigenvalue weighted by Gasteiger charge is -2.15. The van der Waals surface area contributed by atoms with E-state index >= 15 is 0 Å². The molecular formula is C12H16O6. The number of aliphatic carboxylic acids is 1. The van der Waals surface area contributed by atoms with Crippen LogP contribution in [0.5, 0.6) is 0 Å². The van der Waals surface area contributed by atoms with Gasteiger partial charge >= 0.3 is 11.9 Å². The van der Waals surface area contributed by atoms with Gasteiger partial charge in [0.05, 0.1) is 12.7 Å². The van der Waals surface area contributed by atoms with Gasteiger partial charge < -0.3 is 19.3 Å². The van der Waals surface area contributed by atoms with Crippen molar-refractivity contribution in [1.29, 1.82) is 0 Å². The highest BCUT2D eigenvalue weighted by Crippen LogP contribution is 2.28. The molecule has 100 valence electrons. The van der Waals surface area contributed by atoms with Crippen LogP contribution in [0.1, 0.15) is 6.42 Å². The van der Waals surface area contributed by atoms with E-state index in [2.05, 4.69) is 13.2 Å². The summed E-state index contributed by atoms with van der Waals surface area (Å²) >= 11 is 0. The van der Waals surface area contributed by atoms with Crippen LogP contribution in [0.4, 0.5) is 0 Å². The number of hydrogen-bond acceptors (Lipinski definition) is 5. The average molecular weight is 256 g/mol. The second kappa shape index (κ2) is 6.93. The third-order valence-corrected chi connectivity index (χ3v) is 2.53. The van der Waals surface area contributed by atoms with Crippen molar-refractivity contribution in [3.63, 3.8) is 0 Å². The van der Waals surface area contributed by atoms with Crippen molar-refractivity contribution in [2.45, 2.75) is 24.7 Å². The molecule has 0 aromatic heterocycles. The predicted molar refractivity (Wildman–Crippen MR) is 62.0 cm³/mol. The van der Waals surface area contributed by atoms with Gasteiger partial charge in [-0.1, -0.05) is 13.2 Å². The molecule has 2 fully saturated rings. The first-order valence-corrected chi connectivity index (χ1v) is 5.50. The Morgan fingerprint density at radius 2 is 1.94 bits per heavy atom. The van der Waals surface area contributed by atoms with E-state index in [0.717, 1.165) is 18.6 Å². The Kier molecular flexibility index (Phi) is 5.54. The van der Waals surface area contributed by atoms with E-state index in [0.29, 0.717) is 13.2 Å². The van der Waals surface area contributed by atoms with Gasteiger partial charge in [0.2, 0.25) is 0 Å². The van der Waals surface area contributed by atoms with E-state index in [1.165, 1.54) is 0 Å². The molecule has 3 atom stereocenters. The zero-order valence-corrected chi connectivity index (χ0v) is 9.91. The van der Waals surface area contributed by atoms with Gasteiger partial charge in [-0.2, -0.15) is 0 Å². The Bertz CT molecular complexity index is 337. The molecule has 0 bridgehead atoms. The second-order valence-electron chi connectivity index (χ2n) is 3.72. The molecule has 2 saturated heterocycles. The van der Waals surface area contributed by atoms with Crippen molar-refractivity contribution < 1.29 is 28.9 Å². The summed E-state index contributed by atoms with van der Waals surface area (Å²) < 4.78 is 15.9. The molecule has 0 radical (unpaired) electrons. The first-order chi connectivity index (χ1) is 8.58. The van der Waals surface area contributed by atoms with Crippen LogP contribution in [0.15, 0.2) is 25.3 Å². The third-order valence-electron chi connectivity index (χ3n) is 2.53. The Morgan fingerprint density at radius 1 is 1.28 bits per heavy atom. The van der Waals surface area contributed by atoms with Gasteiger partial charge in [-0.3, -0.25) is 0 Å². The maximum atomic E-state index is 10.9. The highest BCUT2D eigenvalue weighted by Gasteiger charge is 2.43. The van der Waals surface area contributed by atoms with Crippen LogP contribution in [-0.4, -0.2) is 48.6 Å². The van der Waals surface area contributed by atoms with Crippen molar-refractivity contribution in [3.8, 4) is 0 Å². The molecule has 6 nitrogen and oxygen atoms in total. The monoisotopic (exact) mass is 256 g/mol. The van der Waals surface area contributed by atoms with Crippen molar-refractivity contribution in [2.24, 2.45) is 0 Å². The molecule has 2 unspecified atom stereocenters. The Labute approximate surface area is 105 Å². The van der Waals surface area contributed by atoms with Gasteiger partial charge in [-0.05, 0) is 6.42 Å². The van der Waals surface area contributed by atoms with Crippen LogP contribution in [-0.2, 0) is 23.8 Å². The lowest BCUT2D eigenvalue weighted by atomic mass is 10.1. The Morgan fingerprint density at radius 3 is 2.50 bits per heavy atom. The number of hydrogen-bond donors (Lipinski definition) is 1. The molecule has 0 amide bonds. The van der Waals surface area contributed by atoms with Crippen LogP contribution in [0, 0.1) is 0 Å². The highest BCUT2D eigenvalue weighted by atomic mass is 16.6. The lowest BCUT2D eigenvalue weighted by Crippen LogP contribution is -2.31. The fourth-order valence-corrected chi connectivity index (χ4v) is 1.73. The maximum Gasteiger partial charge on any atom is 0.330 e.